The van der Waals surface area contributed by atoms with Crippen molar-refractivity contribution < 1.29 is 14.3 Å². The number of nitrogens with zero attached hydrogens (tertiary/aromatic N) is 3. The number of carbonyl (C=O) groups is 1. The van der Waals surface area contributed by atoms with Crippen LogP contribution < -0.4 is 9.47 Å². The molecule has 0 unspecified atom stereocenters. The minimum atomic E-state index is 0.642. The third-order valence-electron chi connectivity index (χ3n) is 8.97. The molecule has 0 aliphatic carbocycles. The SMILES string of the molecule is CCCCCCCOc1ccc(Cc2nc3ccc(C#N)cc3[nH]2)cc1.CCCCCCCOc1ccc(Cc2nc3ccc(C=O)cc3[nH]2)cc1. The number of hydrogen-bond acceptors (Lipinski definition) is 6. The molecule has 2 aromatic heterocycles. The van der Waals surface area contributed by atoms with E-state index in [2.05, 4.69) is 64.1 Å². The van der Waals surface area contributed by atoms with Gasteiger partial charge in [-0.3, -0.25) is 4.79 Å². The average molecular weight is 698 g/mol. The summed E-state index contributed by atoms with van der Waals surface area (Å²) in [6.07, 6.45) is 14.8. The maximum Gasteiger partial charge on any atom is 0.150 e. The number of hydrogen-bond donors (Lipinski definition) is 2. The summed E-state index contributed by atoms with van der Waals surface area (Å²) >= 11 is 0. The van der Waals surface area contributed by atoms with Gasteiger partial charge in [-0.25, -0.2) is 9.97 Å². The van der Waals surface area contributed by atoms with Crippen LogP contribution in [-0.2, 0) is 12.8 Å². The first-order valence-corrected chi connectivity index (χ1v) is 18.8. The summed E-state index contributed by atoms with van der Waals surface area (Å²) in [6.45, 7) is 6.03. The minimum Gasteiger partial charge on any atom is -0.494 e. The van der Waals surface area contributed by atoms with Gasteiger partial charge in [0.25, 0.3) is 0 Å². The molecule has 0 aliphatic heterocycles. The highest BCUT2D eigenvalue weighted by atomic mass is 16.5. The fourth-order valence-electron chi connectivity index (χ4n) is 6.04. The second-order valence-electron chi connectivity index (χ2n) is 13.3. The van der Waals surface area contributed by atoms with Crippen LogP contribution in [0.15, 0.2) is 84.9 Å². The molecule has 0 aliphatic rings. The van der Waals surface area contributed by atoms with Gasteiger partial charge in [-0.05, 0) is 84.6 Å². The van der Waals surface area contributed by atoms with Gasteiger partial charge in [0.05, 0.1) is 46.9 Å². The zero-order valence-electron chi connectivity index (χ0n) is 30.6. The van der Waals surface area contributed by atoms with Gasteiger partial charge in [0.2, 0.25) is 0 Å². The molecule has 2 N–H and O–H groups in total. The lowest BCUT2D eigenvalue weighted by Gasteiger charge is -2.07. The van der Waals surface area contributed by atoms with Crippen LogP contribution in [0.3, 0.4) is 0 Å². The lowest BCUT2D eigenvalue weighted by molar-refractivity contribution is 0.112. The third-order valence-corrected chi connectivity index (χ3v) is 8.97. The topological polar surface area (TPSA) is 117 Å². The van der Waals surface area contributed by atoms with Crippen LogP contribution in [0.2, 0.25) is 0 Å². The van der Waals surface area contributed by atoms with E-state index in [-0.39, 0.29) is 0 Å². The molecule has 2 heterocycles. The Bertz CT molecular complexity index is 2000. The highest BCUT2D eigenvalue weighted by Crippen LogP contribution is 2.20. The number of fused-ring (bicyclic) bond motifs is 2. The maximum atomic E-state index is 10.9. The van der Waals surface area contributed by atoms with Crippen LogP contribution in [-0.4, -0.2) is 39.4 Å². The van der Waals surface area contributed by atoms with E-state index >= 15 is 0 Å². The molecule has 0 amide bonds. The number of rotatable bonds is 19. The van der Waals surface area contributed by atoms with Gasteiger partial charge in [0, 0.05) is 18.4 Å². The van der Waals surface area contributed by atoms with Crippen LogP contribution in [0, 0.1) is 11.3 Å². The fraction of sp³-hybridized carbons (Fsp3) is 0.364. The summed E-state index contributed by atoms with van der Waals surface area (Å²) in [7, 11) is 0. The van der Waals surface area contributed by atoms with Crippen LogP contribution >= 0.6 is 0 Å². The molecule has 270 valence electrons. The standard InChI is InChI=1S/C22H25N3O.C22H26N2O2/c1-2-3-4-5-6-13-26-19-10-7-17(8-11-19)15-22-24-20-12-9-18(16-23)14-21(20)25-22;1-2-3-4-5-6-13-26-19-10-7-17(8-11-19)15-22-23-20-12-9-18(16-25)14-21(20)24-22/h7-12,14H,2-6,13,15H2,1H3,(H,24,25);7-12,14,16H,2-6,13,15H2,1H3,(H,23,24). The lowest BCUT2D eigenvalue weighted by atomic mass is 10.1. The maximum absolute atomic E-state index is 10.9. The molecule has 0 bridgehead atoms. The Hall–Kier alpha value is -5.42. The van der Waals surface area contributed by atoms with E-state index in [0.717, 1.165) is 90.4 Å². The van der Waals surface area contributed by atoms with Crippen LogP contribution in [0.5, 0.6) is 11.5 Å². The predicted octanol–water partition coefficient (Wildman–Crippen LogP) is 10.7. The van der Waals surface area contributed by atoms with Crippen LogP contribution in [0.1, 0.15) is 117 Å². The van der Waals surface area contributed by atoms with E-state index in [9.17, 15) is 4.79 Å². The fourth-order valence-corrected chi connectivity index (χ4v) is 6.04. The Morgan fingerprint density at radius 3 is 1.58 bits per heavy atom. The Balaban J connectivity index is 0.000000201. The smallest absolute Gasteiger partial charge is 0.150 e. The second kappa shape index (κ2) is 20.4. The largest absolute Gasteiger partial charge is 0.494 e. The molecule has 0 saturated heterocycles. The number of unbranched alkanes of at least 4 members (excludes halogenated alkanes) is 8. The second-order valence-corrected chi connectivity index (χ2v) is 13.3. The molecule has 6 rings (SSSR count). The normalized spacial score (nSPS) is 10.9. The molecule has 0 fully saturated rings. The van der Waals surface area contributed by atoms with Crippen molar-refractivity contribution in [1.29, 1.82) is 5.26 Å². The number of imidazole rings is 2. The first-order valence-electron chi connectivity index (χ1n) is 18.8. The summed E-state index contributed by atoms with van der Waals surface area (Å²) in [5, 5.41) is 8.98. The quantitative estimate of drug-likeness (QED) is 0.0643. The van der Waals surface area contributed by atoms with E-state index in [1.165, 1.54) is 62.5 Å². The van der Waals surface area contributed by atoms with Gasteiger partial charge >= 0.3 is 0 Å². The molecule has 0 atom stereocenters. The number of nitrogens with one attached hydrogen (secondary N) is 2. The van der Waals surface area contributed by atoms with Gasteiger partial charge in [0.1, 0.15) is 29.4 Å². The van der Waals surface area contributed by atoms with Gasteiger partial charge in [-0.2, -0.15) is 5.26 Å². The number of benzene rings is 4. The zero-order chi connectivity index (χ0) is 36.4. The summed E-state index contributed by atoms with van der Waals surface area (Å²) < 4.78 is 11.6. The zero-order valence-corrected chi connectivity index (χ0v) is 30.6. The summed E-state index contributed by atoms with van der Waals surface area (Å²) in [5.41, 5.74) is 7.23. The highest BCUT2D eigenvalue weighted by molar-refractivity contribution is 5.84. The highest BCUT2D eigenvalue weighted by Gasteiger charge is 2.07. The molecule has 0 saturated carbocycles. The van der Waals surface area contributed by atoms with Crippen molar-refractivity contribution in [2.45, 2.75) is 90.9 Å². The first-order chi connectivity index (χ1) is 25.6. The molecule has 8 heteroatoms. The first kappa shape index (κ1) is 37.8. The van der Waals surface area contributed by atoms with Gasteiger partial charge in [-0.15, -0.1) is 0 Å². The van der Waals surface area contributed by atoms with Gasteiger partial charge < -0.3 is 19.4 Å². The average Bonchev–Trinajstić information content (AvgIpc) is 3.78. The Kier molecular flexibility index (Phi) is 14.9. The summed E-state index contributed by atoms with van der Waals surface area (Å²) in [6, 6.07) is 29.6. The van der Waals surface area contributed by atoms with Crippen LogP contribution in [0.4, 0.5) is 0 Å². The molecular weight excluding hydrogens is 647 g/mol. The molecule has 4 aromatic carbocycles. The van der Waals surface area contributed by atoms with E-state index in [1.54, 1.807) is 12.1 Å². The molecule has 0 radical (unpaired) electrons. The number of carbonyl (C=O) groups excluding carboxylic acids is 1. The van der Waals surface area contributed by atoms with Gasteiger partial charge in [-0.1, -0.05) is 89.5 Å². The predicted molar refractivity (Wildman–Crippen MR) is 209 cm³/mol. The molecule has 0 spiro atoms. The molecule has 6 aromatic rings. The van der Waals surface area contributed by atoms with Crippen molar-refractivity contribution >= 4 is 28.4 Å². The summed E-state index contributed by atoms with van der Waals surface area (Å²) in [5.74, 6) is 3.64. The Morgan fingerprint density at radius 1 is 0.615 bits per heavy atom. The van der Waals surface area contributed by atoms with E-state index < -0.39 is 0 Å². The Labute approximate surface area is 307 Å². The lowest BCUT2D eigenvalue weighted by Crippen LogP contribution is -1.97. The van der Waals surface area contributed by atoms with Crippen molar-refractivity contribution in [3.8, 4) is 17.6 Å². The van der Waals surface area contributed by atoms with Crippen molar-refractivity contribution in [1.82, 2.24) is 19.9 Å². The number of ether oxygens (including phenoxy) is 2. The third kappa shape index (κ3) is 11.8. The monoisotopic (exact) mass is 697 g/mol. The van der Waals surface area contributed by atoms with E-state index in [1.807, 2.05) is 48.5 Å². The van der Waals surface area contributed by atoms with E-state index in [4.69, 9.17) is 14.7 Å². The summed E-state index contributed by atoms with van der Waals surface area (Å²) in [4.78, 5) is 26.6. The number of aromatic nitrogens is 4. The molecule has 52 heavy (non-hydrogen) atoms. The number of aromatic amines is 2. The minimum absolute atomic E-state index is 0.642. The van der Waals surface area contributed by atoms with E-state index in [0.29, 0.717) is 11.1 Å². The number of H-pyrrole nitrogens is 2. The Morgan fingerprint density at radius 2 is 1.10 bits per heavy atom. The molecule has 8 nitrogen and oxygen atoms in total. The van der Waals surface area contributed by atoms with Crippen molar-refractivity contribution in [3.63, 3.8) is 0 Å². The van der Waals surface area contributed by atoms with Crippen LogP contribution in [0.25, 0.3) is 22.1 Å². The number of nitriles is 1. The van der Waals surface area contributed by atoms with Crippen molar-refractivity contribution in [2.75, 3.05) is 13.2 Å². The van der Waals surface area contributed by atoms with Crippen molar-refractivity contribution in [3.05, 3.63) is 119 Å². The van der Waals surface area contributed by atoms with Gasteiger partial charge in [0.15, 0.2) is 0 Å². The van der Waals surface area contributed by atoms with Crippen molar-refractivity contribution in [2.24, 2.45) is 0 Å². The number of aldehydes is 1. The molecular formula is C44H51N5O3.